The van der Waals surface area contributed by atoms with E-state index in [0.29, 0.717) is 18.6 Å². The average molecular weight is 417 g/mol. The molecule has 0 fully saturated rings. The number of thioether (sulfide) groups is 1. The first-order chi connectivity index (χ1) is 14.7. The Kier molecular flexibility index (Phi) is 6.25. The molecule has 0 bridgehead atoms. The smallest absolute Gasteiger partial charge is 0.161 e. The van der Waals surface area contributed by atoms with Crippen LogP contribution in [-0.4, -0.2) is 11.5 Å². The molecule has 0 aromatic heterocycles. The Morgan fingerprint density at radius 2 is 1.90 bits per heavy atom. The van der Waals surface area contributed by atoms with Gasteiger partial charge in [0.25, 0.3) is 0 Å². The van der Waals surface area contributed by atoms with Crippen molar-refractivity contribution in [3.05, 3.63) is 87.6 Å². The Labute approximate surface area is 181 Å². The number of ketones is 1. The molecule has 1 heterocycles. The van der Waals surface area contributed by atoms with E-state index in [0.717, 1.165) is 51.8 Å². The van der Waals surface area contributed by atoms with E-state index in [9.17, 15) is 10.1 Å². The number of rotatable bonds is 6. The van der Waals surface area contributed by atoms with Crippen LogP contribution in [0.25, 0.3) is 0 Å². The summed E-state index contributed by atoms with van der Waals surface area (Å²) in [5.41, 5.74) is 4.44. The van der Waals surface area contributed by atoms with E-state index in [-0.39, 0.29) is 11.7 Å². The minimum atomic E-state index is -0.309. The summed E-state index contributed by atoms with van der Waals surface area (Å²) < 4.78 is 5.90. The van der Waals surface area contributed by atoms with E-state index in [1.54, 1.807) is 11.8 Å². The van der Waals surface area contributed by atoms with Crippen LogP contribution in [0.3, 0.4) is 0 Å². The number of benzene rings is 2. The Morgan fingerprint density at radius 3 is 2.60 bits per heavy atom. The van der Waals surface area contributed by atoms with Gasteiger partial charge >= 0.3 is 0 Å². The number of Topliss-reactive ketones (excluding diaryl/α,β-unsaturated/α-hetero) is 1. The molecule has 1 aliphatic carbocycles. The second kappa shape index (κ2) is 9.23. The van der Waals surface area contributed by atoms with Gasteiger partial charge in [0, 0.05) is 17.7 Å². The van der Waals surface area contributed by atoms with Crippen molar-refractivity contribution in [1.82, 2.24) is 5.32 Å². The molecule has 4 nitrogen and oxygen atoms in total. The van der Waals surface area contributed by atoms with Crippen LogP contribution in [0.2, 0.25) is 0 Å². The summed E-state index contributed by atoms with van der Waals surface area (Å²) in [6, 6.07) is 20.2. The van der Waals surface area contributed by atoms with Crippen LogP contribution in [0, 0.1) is 11.3 Å². The molecule has 30 heavy (non-hydrogen) atoms. The highest BCUT2D eigenvalue weighted by atomic mass is 32.2. The number of nitrogens with zero attached hydrogens (tertiary/aromatic N) is 1. The predicted molar refractivity (Wildman–Crippen MR) is 120 cm³/mol. The second-order valence-electron chi connectivity index (χ2n) is 7.36. The maximum atomic E-state index is 12.8. The highest BCUT2D eigenvalue weighted by molar-refractivity contribution is 8.03. The van der Waals surface area contributed by atoms with Crippen molar-refractivity contribution in [3.63, 3.8) is 0 Å². The largest absolute Gasteiger partial charge is 0.489 e. The van der Waals surface area contributed by atoms with Crippen molar-refractivity contribution in [2.45, 2.75) is 38.7 Å². The second-order valence-corrected chi connectivity index (χ2v) is 8.63. The average Bonchev–Trinajstić information content (AvgIpc) is 2.78. The van der Waals surface area contributed by atoms with Crippen LogP contribution in [-0.2, 0) is 11.4 Å². The first kappa shape index (κ1) is 20.3. The van der Waals surface area contributed by atoms with Gasteiger partial charge in [0.2, 0.25) is 0 Å². The lowest BCUT2D eigenvalue weighted by Gasteiger charge is -2.33. The van der Waals surface area contributed by atoms with Crippen LogP contribution in [0.4, 0.5) is 0 Å². The Balaban J connectivity index is 1.63. The third-order valence-electron chi connectivity index (χ3n) is 5.41. The molecule has 0 saturated carbocycles. The fourth-order valence-electron chi connectivity index (χ4n) is 4.01. The summed E-state index contributed by atoms with van der Waals surface area (Å²) in [4.78, 5) is 12.8. The van der Waals surface area contributed by atoms with Crippen molar-refractivity contribution < 1.29 is 9.53 Å². The maximum Gasteiger partial charge on any atom is 0.161 e. The van der Waals surface area contributed by atoms with Gasteiger partial charge in [-0.05, 0) is 41.9 Å². The molecule has 2 aromatic carbocycles. The molecule has 0 saturated heterocycles. The molecule has 0 spiro atoms. The highest BCUT2D eigenvalue weighted by Crippen LogP contribution is 2.44. The first-order valence-electron chi connectivity index (χ1n) is 10.3. The van der Waals surface area contributed by atoms with Gasteiger partial charge in [-0.15, -0.1) is 11.8 Å². The normalized spacial score (nSPS) is 18.5. The van der Waals surface area contributed by atoms with Crippen molar-refractivity contribution in [1.29, 1.82) is 5.26 Å². The van der Waals surface area contributed by atoms with E-state index >= 15 is 0 Å². The van der Waals surface area contributed by atoms with Gasteiger partial charge in [-0.25, -0.2) is 0 Å². The van der Waals surface area contributed by atoms with Crippen LogP contribution in [0.15, 0.2) is 76.5 Å². The van der Waals surface area contributed by atoms with Crippen molar-refractivity contribution in [2.75, 3.05) is 5.75 Å². The standard InChI is InChI=1S/C25H24N2O2S/c1-2-30-25-20(15-26)23(24-21(27-25)9-6-10-22(24)28)18-11-13-19(14-12-18)29-16-17-7-4-3-5-8-17/h3-5,7-8,11-14,23,27H,2,6,9-10,16H2,1H3/t23-/m1/s1. The molecular formula is C25H24N2O2S. The molecule has 0 radical (unpaired) electrons. The van der Waals surface area contributed by atoms with Gasteiger partial charge in [0.15, 0.2) is 5.78 Å². The van der Waals surface area contributed by atoms with Crippen LogP contribution >= 0.6 is 11.8 Å². The number of dihydropyridines is 1. The fraction of sp³-hybridized carbons (Fsp3) is 0.280. The van der Waals surface area contributed by atoms with Crippen LogP contribution < -0.4 is 10.1 Å². The molecular weight excluding hydrogens is 392 g/mol. The summed E-state index contributed by atoms with van der Waals surface area (Å²) in [5, 5.41) is 14.2. The monoisotopic (exact) mass is 416 g/mol. The van der Waals surface area contributed by atoms with Crippen LogP contribution in [0.1, 0.15) is 43.2 Å². The molecule has 0 amide bonds. The molecule has 2 aliphatic rings. The summed E-state index contributed by atoms with van der Waals surface area (Å²) in [6.07, 6.45) is 2.25. The number of hydrogen-bond acceptors (Lipinski definition) is 5. The Bertz CT molecular complexity index is 1030. The summed E-state index contributed by atoms with van der Waals surface area (Å²) >= 11 is 1.63. The van der Waals surface area contributed by atoms with Crippen molar-refractivity contribution in [3.8, 4) is 11.8 Å². The highest BCUT2D eigenvalue weighted by Gasteiger charge is 2.36. The Morgan fingerprint density at radius 1 is 1.13 bits per heavy atom. The van der Waals surface area contributed by atoms with E-state index in [4.69, 9.17) is 4.74 Å². The third-order valence-corrected chi connectivity index (χ3v) is 6.31. The predicted octanol–water partition coefficient (Wildman–Crippen LogP) is 5.45. The number of ether oxygens (including phenoxy) is 1. The van der Waals surface area contributed by atoms with Gasteiger partial charge in [0.1, 0.15) is 12.4 Å². The zero-order valence-corrected chi connectivity index (χ0v) is 17.8. The molecule has 1 N–H and O–H groups in total. The Hall–Kier alpha value is -2.97. The van der Waals surface area contributed by atoms with Crippen molar-refractivity contribution >= 4 is 17.5 Å². The number of nitrogens with one attached hydrogen (secondary N) is 1. The fourth-order valence-corrected chi connectivity index (χ4v) is 4.82. The lowest BCUT2D eigenvalue weighted by atomic mass is 9.77. The third kappa shape index (κ3) is 4.15. The lowest BCUT2D eigenvalue weighted by Crippen LogP contribution is -2.31. The van der Waals surface area contributed by atoms with E-state index in [2.05, 4.69) is 18.3 Å². The summed E-state index contributed by atoms with van der Waals surface area (Å²) in [6.45, 7) is 2.57. The van der Waals surface area contributed by atoms with Gasteiger partial charge in [-0.3, -0.25) is 4.79 Å². The zero-order chi connectivity index (χ0) is 20.9. The molecule has 1 atom stereocenters. The van der Waals surface area contributed by atoms with Gasteiger partial charge in [-0.2, -0.15) is 5.26 Å². The first-order valence-corrected chi connectivity index (χ1v) is 11.3. The SMILES string of the molecule is CCSC1=C(C#N)[C@@H](c2ccc(OCc3ccccc3)cc2)C2=C(CCCC2=O)N1. The number of allylic oxidation sites excluding steroid dienone is 3. The number of nitriles is 1. The minimum absolute atomic E-state index is 0.145. The molecule has 1 aliphatic heterocycles. The van der Waals surface area contributed by atoms with Gasteiger partial charge < -0.3 is 10.1 Å². The maximum absolute atomic E-state index is 12.8. The summed E-state index contributed by atoms with van der Waals surface area (Å²) in [5.74, 6) is 1.47. The molecule has 152 valence electrons. The summed E-state index contributed by atoms with van der Waals surface area (Å²) in [7, 11) is 0. The van der Waals surface area contributed by atoms with E-state index < -0.39 is 0 Å². The number of carbonyl (C=O) groups excluding carboxylic acids is 1. The molecule has 5 heteroatoms. The number of hydrogen-bond donors (Lipinski definition) is 1. The molecule has 2 aromatic rings. The van der Waals surface area contributed by atoms with E-state index in [1.165, 1.54) is 0 Å². The van der Waals surface area contributed by atoms with Gasteiger partial charge in [-0.1, -0.05) is 49.4 Å². The topological polar surface area (TPSA) is 62.1 Å². The van der Waals surface area contributed by atoms with Crippen molar-refractivity contribution in [2.24, 2.45) is 0 Å². The zero-order valence-electron chi connectivity index (χ0n) is 17.0. The lowest BCUT2D eigenvalue weighted by molar-refractivity contribution is -0.116. The van der Waals surface area contributed by atoms with E-state index in [1.807, 2.05) is 54.6 Å². The molecule has 4 rings (SSSR count). The molecule has 0 unspecified atom stereocenters. The van der Waals surface area contributed by atoms with Crippen LogP contribution in [0.5, 0.6) is 5.75 Å². The number of carbonyl (C=O) groups is 1. The minimum Gasteiger partial charge on any atom is -0.489 e. The quantitative estimate of drug-likeness (QED) is 0.679. The van der Waals surface area contributed by atoms with Gasteiger partial charge in [0.05, 0.1) is 22.6 Å².